The Kier molecular flexibility index (Phi) is 4.23. The van der Waals surface area contributed by atoms with Gasteiger partial charge in [-0.2, -0.15) is 0 Å². The summed E-state index contributed by atoms with van der Waals surface area (Å²) in [4.78, 5) is 14.5. The second-order valence-electron chi connectivity index (χ2n) is 5.14. The topological polar surface area (TPSA) is 100 Å². The predicted octanol–water partition coefficient (Wildman–Crippen LogP) is 3.74. The van der Waals surface area contributed by atoms with E-state index in [4.69, 9.17) is 0 Å². The van der Waals surface area contributed by atoms with E-state index in [-0.39, 0.29) is 10.8 Å². The van der Waals surface area contributed by atoms with Gasteiger partial charge in [0, 0.05) is 0 Å². The van der Waals surface area contributed by atoms with Crippen LogP contribution in [0, 0.1) is 44.7 Å². The minimum absolute atomic E-state index is 0.00140. The van der Waals surface area contributed by atoms with Crippen LogP contribution in [0.25, 0.3) is 0 Å². The highest BCUT2D eigenvalue weighted by atomic mass is 32.1. The summed E-state index contributed by atoms with van der Waals surface area (Å²) in [5, 5.41) is 21.5. The number of aryl methyl sites for hydroxylation is 1. The highest BCUT2D eigenvalue weighted by molar-refractivity contribution is 7.18. The summed E-state index contributed by atoms with van der Waals surface area (Å²) >= 11 is 0.945. The smallest absolute Gasteiger partial charge is 0.348 e. The predicted molar refractivity (Wildman–Crippen MR) is 87.8 cm³/mol. The molecule has 0 unspecified atom stereocenters. The molecule has 2 aromatic rings. The van der Waals surface area contributed by atoms with Crippen LogP contribution < -0.4 is 10.9 Å². The molecule has 22 heavy (non-hydrogen) atoms. The van der Waals surface area contributed by atoms with Crippen molar-refractivity contribution in [3.8, 4) is 5.75 Å². The number of nitrogens with zero attached hydrogens (tertiary/aromatic N) is 2. The zero-order valence-electron chi connectivity index (χ0n) is 13.1. The molecule has 0 aliphatic rings. The second kappa shape index (κ2) is 5.80. The monoisotopic (exact) mass is 322 g/mol. The number of phenols is 1. The number of thiazole rings is 1. The van der Waals surface area contributed by atoms with Crippen LogP contribution in [0.5, 0.6) is 5.75 Å². The summed E-state index contributed by atoms with van der Waals surface area (Å²) in [7, 11) is 0. The fraction of sp³-hybridized carbons (Fsp3) is 0.357. The average Bonchev–Trinajstić information content (AvgIpc) is 2.84. The number of hydrogen-bond acceptors (Lipinski definition) is 7. The van der Waals surface area contributed by atoms with E-state index in [1.807, 2.05) is 27.7 Å². The van der Waals surface area contributed by atoms with Gasteiger partial charge in [-0.15, -0.1) is 0 Å². The van der Waals surface area contributed by atoms with E-state index in [0.717, 1.165) is 33.6 Å². The fourth-order valence-corrected chi connectivity index (χ4v) is 2.91. The summed E-state index contributed by atoms with van der Waals surface area (Å²) in [6, 6.07) is 0. The first-order valence-electron chi connectivity index (χ1n) is 6.67. The third kappa shape index (κ3) is 2.69. The summed E-state index contributed by atoms with van der Waals surface area (Å²) in [6.45, 7) is 9.28. The Balaban J connectivity index is 2.29. The highest BCUT2D eigenvalue weighted by Gasteiger charge is 2.19. The van der Waals surface area contributed by atoms with E-state index in [9.17, 15) is 15.2 Å². The summed E-state index contributed by atoms with van der Waals surface area (Å²) in [6.07, 6.45) is 0. The van der Waals surface area contributed by atoms with Gasteiger partial charge >= 0.3 is 5.00 Å². The van der Waals surface area contributed by atoms with Gasteiger partial charge in [0.15, 0.2) is 0 Å². The number of nitrogens with one attached hydrogen (secondary N) is 2. The van der Waals surface area contributed by atoms with Crippen molar-refractivity contribution in [1.29, 1.82) is 0 Å². The van der Waals surface area contributed by atoms with Crippen molar-refractivity contribution < 1.29 is 10.0 Å². The molecule has 0 atom stereocenters. The van der Waals surface area contributed by atoms with Crippen LogP contribution in [0.2, 0.25) is 0 Å². The molecule has 0 amide bonds. The summed E-state index contributed by atoms with van der Waals surface area (Å²) in [5.74, 6) is 0.163. The van der Waals surface area contributed by atoms with Crippen LogP contribution in [0.15, 0.2) is 0 Å². The summed E-state index contributed by atoms with van der Waals surface area (Å²) in [5.41, 5.74) is 10.5. The van der Waals surface area contributed by atoms with E-state index in [1.54, 1.807) is 6.92 Å². The molecule has 0 aliphatic carbocycles. The van der Waals surface area contributed by atoms with Crippen molar-refractivity contribution in [1.82, 2.24) is 4.98 Å². The number of benzene rings is 1. The molecule has 2 rings (SSSR count). The molecule has 1 aromatic carbocycles. The van der Waals surface area contributed by atoms with E-state index in [2.05, 4.69) is 15.8 Å². The molecule has 0 fully saturated rings. The number of aromatic hydroxyl groups is 1. The van der Waals surface area contributed by atoms with Crippen LogP contribution in [-0.2, 0) is 0 Å². The average molecular weight is 322 g/mol. The number of nitro groups is 1. The quantitative estimate of drug-likeness (QED) is 0.450. The van der Waals surface area contributed by atoms with Crippen molar-refractivity contribution >= 4 is 27.2 Å². The third-order valence-corrected chi connectivity index (χ3v) is 4.91. The Morgan fingerprint density at radius 1 is 1.05 bits per heavy atom. The third-order valence-electron chi connectivity index (χ3n) is 3.89. The van der Waals surface area contributed by atoms with Gasteiger partial charge in [0.1, 0.15) is 11.4 Å². The van der Waals surface area contributed by atoms with Crippen molar-refractivity contribution in [2.24, 2.45) is 0 Å². The first-order chi connectivity index (χ1) is 10.2. The fourth-order valence-electron chi connectivity index (χ4n) is 2.17. The number of aromatic nitrogens is 1. The van der Waals surface area contributed by atoms with E-state index >= 15 is 0 Å². The minimum atomic E-state index is -0.457. The van der Waals surface area contributed by atoms with Crippen LogP contribution in [0.1, 0.15) is 27.9 Å². The van der Waals surface area contributed by atoms with Crippen LogP contribution >= 0.6 is 11.3 Å². The zero-order valence-corrected chi connectivity index (χ0v) is 13.9. The number of phenolic OH excluding ortho intramolecular Hbond substituents is 1. The molecule has 0 saturated carbocycles. The largest absolute Gasteiger partial charge is 0.505 e. The molecule has 0 spiro atoms. The Bertz CT molecular complexity index is 726. The lowest BCUT2D eigenvalue weighted by Crippen LogP contribution is -2.11. The van der Waals surface area contributed by atoms with Gasteiger partial charge in [0.2, 0.25) is 5.13 Å². The van der Waals surface area contributed by atoms with Crippen molar-refractivity contribution in [2.75, 3.05) is 10.9 Å². The standard InChI is InChI=1S/C14H18N4O3S/c1-6-7(2)9(4)12(19)11(8(6)3)16-17-14-15-10(5)13(22-14)18(20)21/h16,19H,1-5H3,(H,15,17). The van der Waals surface area contributed by atoms with Gasteiger partial charge in [0.05, 0.1) is 10.6 Å². The molecular weight excluding hydrogens is 304 g/mol. The zero-order chi connectivity index (χ0) is 16.6. The SMILES string of the molecule is Cc1nc(NNc2c(C)c(C)c(C)c(C)c2O)sc1[N+](=O)[O-]. The van der Waals surface area contributed by atoms with Crippen LogP contribution in [0.3, 0.4) is 0 Å². The molecule has 0 radical (unpaired) electrons. The lowest BCUT2D eigenvalue weighted by molar-refractivity contribution is -0.380. The second-order valence-corrected chi connectivity index (χ2v) is 6.12. The molecule has 7 nitrogen and oxygen atoms in total. The molecule has 8 heteroatoms. The molecular formula is C14H18N4O3S. The van der Waals surface area contributed by atoms with Crippen molar-refractivity contribution in [2.45, 2.75) is 34.6 Å². The maximum atomic E-state index is 10.8. The van der Waals surface area contributed by atoms with Crippen molar-refractivity contribution in [3.05, 3.63) is 38.1 Å². The Hall–Kier alpha value is -2.35. The molecule has 0 aliphatic heterocycles. The lowest BCUT2D eigenvalue weighted by atomic mass is 9.97. The molecule has 0 bridgehead atoms. The number of rotatable bonds is 4. The number of anilines is 2. The van der Waals surface area contributed by atoms with E-state index in [0.29, 0.717) is 16.5 Å². The van der Waals surface area contributed by atoms with Gasteiger partial charge in [-0.3, -0.25) is 21.0 Å². The lowest BCUT2D eigenvalue weighted by Gasteiger charge is -2.18. The first-order valence-corrected chi connectivity index (χ1v) is 7.48. The summed E-state index contributed by atoms with van der Waals surface area (Å²) < 4.78 is 0. The highest BCUT2D eigenvalue weighted by Crippen LogP contribution is 2.36. The van der Waals surface area contributed by atoms with Crippen LogP contribution in [-0.4, -0.2) is 15.0 Å². The van der Waals surface area contributed by atoms with E-state index in [1.165, 1.54) is 0 Å². The normalized spacial score (nSPS) is 10.6. The maximum Gasteiger partial charge on any atom is 0.348 e. The Morgan fingerprint density at radius 3 is 2.18 bits per heavy atom. The molecule has 118 valence electrons. The van der Waals surface area contributed by atoms with E-state index < -0.39 is 4.92 Å². The van der Waals surface area contributed by atoms with Gasteiger partial charge < -0.3 is 5.11 Å². The minimum Gasteiger partial charge on any atom is -0.505 e. The van der Waals surface area contributed by atoms with Gasteiger partial charge in [-0.1, -0.05) is 0 Å². The first kappa shape index (κ1) is 16.0. The Labute approximate surface area is 132 Å². The molecule has 1 heterocycles. The Morgan fingerprint density at radius 2 is 1.64 bits per heavy atom. The maximum absolute atomic E-state index is 10.8. The number of hydrogen-bond donors (Lipinski definition) is 3. The van der Waals surface area contributed by atoms with Crippen molar-refractivity contribution in [3.63, 3.8) is 0 Å². The number of hydrazine groups is 1. The molecule has 3 N–H and O–H groups in total. The van der Waals surface area contributed by atoms with Gasteiger partial charge in [0.25, 0.3) is 0 Å². The molecule has 1 aromatic heterocycles. The van der Waals surface area contributed by atoms with Gasteiger partial charge in [-0.05, 0) is 68.2 Å². The van der Waals surface area contributed by atoms with Gasteiger partial charge in [-0.25, -0.2) is 4.98 Å². The van der Waals surface area contributed by atoms with Crippen LogP contribution in [0.4, 0.5) is 15.8 Å². The molecule has 0 saturated heterocycles.